The lowest BCUT2D eigenvalue weighted by molar-refractivity contribution is 0.0102. The van der Waals surface area contributed by atoms with Gasteiger partial charge in [0.05, 0.1) is 12.7 Å². The van der Waals surface area contributed by atoms with E-state index < -0.39 is 23.5 Å². The molecule has 1 fully saturated rings. The van der Waals surface area contributed by atoms with E-state index in [4.69, 9.17) is 4.74 Å². The number of hydrogen-bond donors (Lipinski definition) is 1. The molecular formula is C19H26FNO5. The molecule has 1 aliphatic heterocycles. The fourth-order valence-electron chi connectivity index (χ4n) is 3.19. The van der Waals surface area contributed by atoms with Crippen molar-refractivity contribution in [2.75, 3.05) is 26.8 Å². The van der Waals surface area contributed by atoms with Crippen LogP contribution in [0, 0.1) is 11.7 Å². The zero-order chi connectivity index (χ0) is 19.5. The SMILES string of the molecule is COC(=O)c1cc([C@@H]2CCN(C(=O)OC(C)(C)C)C[C@H]2CO)ccc1F. The number of rotatable bonds is 3. The van der Waals surface area contributed by atoms with E-state index in [1.54, 1.807) is 31.7 Å². The van der Waals surface area contributed by atoms with Gasteiger partial charge in [0.1, 0.15) is 11.4 Å². The molecular weight excluding hydrogens is 341 g/mol. The highest BCUT2D eigenvalue weighted by Crippen LogP contribution is 2.34. The number of aliphatic hydroxyl groups is 1. The molecule has 0 unspecified atom stereocenters. The van der Waals surface area contributed by atoms with E-state index >= 15 is 0 Å². The Labute approximate surface area is 152 Å². The Hall–Kier alpha value is -2.15. The van der Waals surface area contributed by atoms with Crippen LogP contribution in [0.1, 0.15) is 49.0 Å². The summed E-state index contributed by atoms with van der Waals surface area (Å²) in [4.78, 5) is 25.5. The smallest absolute Gasteiger partial charge is 0.410 e. The minimum atomic E-state index is -0.740. The van der Waals surface area contributed by atoms with Crippen LogP contribution in [-0.4, -0.2) is 54.5 Å². The lowest BCUT2D eigenvalue weighted by atomic mass is 9.80. The van der Waals surface area contributed by atoms with Crippen LogP contribution >= 0.6 is 0 Å². The molecule has 1 aromatic rings. The summed E-state index contributed by atoms with van der Waals surface area (Å²) in [7, 11) is 1.20. The summed E-state index contributed by atoms with van der Waals surface area (Å²) >= 11 is 0. The highest BCUT2D eigenvalue weighted by atomic mass is 19.1. The topological polar surface area (TPSA) is 76.1 Å². The van der Waals surface area contributed by atoms with Crippen LogP contribution in [0.5, 0.6) is 0 Å². The van der Waals surface area contributed by atoms with Crippen molar-refractivity contribution in [1.29, 1.82) is 0 Å². The van der Waals surface area contributed by atoms with Gasteiger partial charge in [-0.15, -0.1) is 0 Å². The van der Waals surface area contributed by atoms with Gasteiger partial charge >= 0.3 is 12.1 Å². The zero-order valence-corrected chi connectivity index (χ0v) is 15.6. The summed E-state index contributed by atoms with van der Waals surface area (Å²) < 4.78 is 23.9. The van der Waals surface area contributed by atoms with Crippen molar-refractivity contribution in [2.24, 2.45) is 5.92 Å². The fraction of sp³-hybridized carbons (Fsp3) is 0.579. The minimum absolute atomic E-state index is 0.0947. The van der Waals surface area contributed by atoms with Gasteiger partial charge in [-0.2, -0.15) is 0 Å². The lowest BCUT2D eigenvalue weighted by Gasteiger charge is -2.38. The Kier molecular flexibility index (Phi) is 6.23. The summed E-state index contributed by atoms with van der Waals surface area (Å²) in [5.41, 5.74) is 0.0283. The van der Waals surface area contributed by atoms with Gasteiger partial charge in [0.15, 0.2) is 0 Å². The van der Waals surface area contributed by atoms with Crippen molar-refractivity contribution in [1.82, 2.24) is 4.90 Å². The number of aliphatic hydroxyl groups excluding tert-OH is 1. The van der Waals surface area contributed by atoms with Crippen molar-refractivity contribution in [3.63, 3.8) is 0 Å². The van der Waals surface area contributed by atoms with Gasteiger partial charge in [-0.1, -0.05) is 6.07 Å². The molecule has 1 aliphatic rings. The summed E-state index contributed by atoms with van der Waals surface area (Å²) in [5.74, 6) is -1.71. The van der Waals surface area contributed by atoms with E-state index in [2.05, 4.69) is 4.74 Å². The second kappa shape index (κ2) is 8.03. The number of halogens is 1. The maximum atomic E-state index is 13.9. The molecule has 0 radical (unpaired) electrons. The number of benzene rings is 1. The van der Waals surface area contributed by atoms with E-state index in [1.165, 1.54) is 19.2 Å². The predicted molar refractivity (Wildman–Crippen MR) is 93.5 cm³/mol. The molecule has 0 spiro atoms. The van der Waals surface area contributed by atoms with Crippen LogP contribution < -0.4 is 0 Å². The van der Waals surface area contributed by atoms with Crippen LogP contribution in [-0.2, 0) is 9.47 Å². The summed E-state index contributed by atoms with van der Waals surface area (Å²) in [6.45, 7) is 6.06. The highest BCUT2D eigenvalue weighted by Gasteiger charge is 2.34. The van der Waals surface area contributed by atoms with E-state index in [-0.39, 0.29) is 24.0 Å². The van der Waals surface area contributed by atoms with Gasteiger partial charge in [0.25, 0.3) is 0 Å². The molecule has 1 amide bonds. The van der Waals surface area contributed by atoms with Crippen molar-refractivity contribution in [3.8, 4) is 0 Å². The number of amides is 1. The molecule has 1 heterocycles. The molecule has 1 N–H and O–H groups in total. The second-order valence-corrected chi connectivity index (χ2v) is 7.50. The molecule has 144 valence electrons. The molecule has 6 nitrogen and oxygen atoms in total. The van der Waals surface area contributed by atoms with Crippen LogP contribution in [0.4, 0.5) is 9.18 Å². The Morgan fingerprint density at radius 3 is 2.62 bits per heavy atom. The molecule has 1 saturated heterocycles. The largest absolute Gasteiger partial charge is 0.465 e. The van der Waals surface area contributed by atoms with Crippen LogP contribution in [0.3, 0.4) is 0 Å². The normalized spacial score (nSPS) is 20.6. The highest BCUT2D eigenvalue weighted by molar-refractivity contribution is 5.89. The molecule has 2 atom stereocenters. The first kappa shape index (κ1) is 20.2. The number of carbonyl (C=O) groups is 2. The maximum Gasteiger partial charge on any atom is 0.410 e. The third kappa shape index (κ3) is 4.72. The predicted octanol–water partition coefficient (Wildman–Crippen LogP) is 2.95. The summed E-state index contributed by atoms with van der Waals surface area (Å²) in [6, 6.07) is 4.31. The van der Waals surface area contributed by atoms with Crippen molar-refractivity contribution in [2.45, 2.75) is 38.7 Å². The number of esters is 1. The Morgan fingerprint density at radius 1 is 1.35 bits per heavy atom. The third-order valence-corrected chi connectivity index (χ3v) is 4.44. The van der Waals surface area contributed by atoms with Gasteiger partial charge in [-0.05, 0) is 50.8 Å². The summed E-state index contributed by atoms with van der Waals surface area (Å²) in [5, 5.41) is 9.79. The zero-order valence-electron chi connectivity index (χ0n) is 15.6. The number of hydrogen-bond acceptors (Lipinski definition) is 5. The third-order valence-electron chi connectivity index (χ3n) is 4.44. The van der Waals surface area contributed by atoms with Crippen molar-refractivity contribution < 1.29 is 28.6 Å². The molecule has 0 saturated carbocycles. The second-order valence-electron chi connectivity index (χ2n) is 7.50. The number of carbonyl (C=O) groups excluding carboxylic acids is 2. The van der Waals surface area contributed by atoms with Crippen LogP contribution in [0.2, 0.25) is 0 Å². The Bertz CT molecular complexity index is 670. The number of nitrogens with zero attached hydrogens (tertiary/aromatic N) is 1. The lowest BCUT2D eigenvalue weighted by Crippen LogP contribution is -2.46. The minimum Gasteiger partial charge on any atom is -0.465 e. The van der Waals surface area contributed by atoms with Crippen molar-refractivity contribution in [3.05, 3.63) is 35.1 Å². The Balaban J connectivity index is 2.17. The van der Waals surface area contributed by atoms with E-state index in [1.807, 2.05) is 0 Å². The van der Waals surface area contributed by atoms with Gasteiger partial charge in [-0.3, -0.25) is 0 Å². The number of piperidine rings is 1. The Morgan fingerprint density at radius 2 is 2.04 bits per heavy atom. The molecule has 0 aliphatic carbocycles. The van der Waals surface area contributed by atoms with E-state index in [9.17, 15) is 19.1 Å². The fourth-order valence-corrected chi connectivity index (χ4v) is 3.19. The number of methoxy groups -OCH3 is 1. The molecule has 0 bridgehead atoms. The van der Waals surface area contributed by atoms with Crippen LogP contribution in [0.15, 0.2) is 18.2 Å². The average Bonchev–Trinajstić information content (AvgIpc) is 2.59. The first-order valence-electron chi connectivity index (χ1n) is 8.62. The van der Waals surface area contributed by atoms with Gasteiger partial charge in [0.2, 0.25) is 0 Å². The van der Waals surface area contributed by atoms with Gasteiger partial charge in [-0.25, -0.2) is 14.0 Å². The standard InChI is InChI=1S/C19H26FNO5/c1-19(2,3)26-18(24)21-8-7-14(13(10-21)11-22)12-5-6-16(20)15(9-12)17(23)25-4/h5-6,9,13-14,22H,7-8,10-11H2,1-4H3/t13-,14-/m0/s1. The first-order valence-corrected chi connectivity index (χ1v) is 8.62. The number of likely N-dealkylation sites (tertiary alicyclic amines) is 1. The van der Waals surface area contributed by atoms with E-state index in [0.717, 1.165) is 5.56 Å². The van der Waals surface area contributed by atoms with E-state index in [0.29, 0.717) is 19.5 Å². The molecule has 2 rings (SSSR count). The first-order chi connectivity index (χ1) is 12.2. The molecule has 26 heavy (non-hydrogen) atoms. The molecule has 0 aromatic heterocycles. The van der Waals surface area contributed by atoms with Gasteiger partial charge in [0, 0.05) is 25.6 Å². The maximum absolute atomic E-state index is 13.9. The van der Waals surface area contributed by atoms with Crippen molar-refractivity contribution >= 4 is 12.1 Å². The quantitative estimate of drug-likeness (QED) is 0.832. The summed E-state index contributed by atoms with van der Waals surface area (Å²) in [6.07, 6.45) is 0.167. The molecule has 7 heteroatoms. The monoisotopic (exact) mass is 367 g/mol. The van der Waals surface area contributed by atoms with Crippen LogP contribution in [0.25, 0.3) is 0 Å². The number of ether oxygens (including phenoxy) is 2. The van der Waals surface area contributed by atoms with Gasteiger partial charge < -0.3 is 19.5 Å². The average molecular weight is 367 g/mol. The molecule has 1 aromatic carbocycles.